The fourth-order valence-electron chi connectivity index (χ4n) is 0.766. The highest BCUT2D eigenvalue weighted by Crippen LogP contribution is 2.46. The summed E-state index contributed by atoms with van der Waals surface area (Å²) in [6, 6.07) is 0.854. The van der Waals surface area contributed by atoms with Crippen molar-refractivity contribution in [1.82, 2.24) is 0 Å². The molecule has 0 spiro atoms. The molecule has 6 nitrogen and oxygen atoms in total. The van der Waals surface area contributed by atoms with Gasteiger partial charge in [-0.1, -0.05) is 0 Å². The van der Waals surface area contributed by atoms with E-state index in [2.05, 4.69) is 20.7 Å². The minimum atomic E-state index is -1.60. The summed E-state index contributed by atoms with van der Waals surface area (Å²) in [5, 5.41) is 35.5. The fraction of sp³-hybridized carbons (Fsp3) is 0. The van der Waals surface area contributed by atoms with Gasteiger partial charge in [-0.15, -0.1) is 0 Å². The molecule has 0 aliphatic rings. The SMILES string of the molecule is O=C(O)Oc1cc(O)c(O)c(O)c1Br. The fourth-order valence-corrected chi connectivity index (χ4v) is 1.15. The summed E-state index contributed by atoms with van der Waals surface area (Å²) in [6.07, 6.45) is -1.60. The number of carboxylic acid groups (broad SMARTS) is 1. The molecule has 0 saturated carbocycles. The van der Waals surface area contributed by atoms with Crippen molar-refractivity contribution in [3.8, 4) is 23.0 Å². The molecular formula is C7H5BrO6. The Morgan fingerprint density at radius 1 is 1.29 bits per heavy atom. The summed E-state index contributed by atoms with van der Waals surface area (Å²) in [5.41, 5.74) is 0. The van der Waals surface area contributed by atoms with Crippen molar-refractivity contribution in [2.24, 2.45) is 0 Å². The molecule has 1 rings (SSSR count). The number of phenolic OH excluding ortho intramolecular Hbond substituents is 3. The lowest BCUT2D eigenvalue weighted by Gasteiger charge is -2.07. The Hall–Kier alpha value is -1.63. The lowest BCUT2D eigenvalue weighted by atomic mass is 10.3. The van der Waals surface area contributed by atoms with Crippen LogP contribution in [-0.4, -0.2) is 26.6 Å². The van der Waals surface area contributed by atoms with E-state index in [0.717, 1.165) is 6.07 Å². The van der Waals surface area contributed by atoms with Crippen LogP contribution < -0.4 is 4.74 Å². The number of aromatic hydroxyl groups is 3. The van der Waals surface area contributed by atoms with E-state index >= 15 is 0 Å². The molecule has 0 radical (unpaired) electrons. The Morgan fingerprint density at radius 3 is 2.36 bits per heavy atom. The van der Waals surface area contributed by atoms with Gasteiger partial charge in [0.2, 0.25) is 5.75 Å². The third-order valence-corrected chi connectivity index (χ3v) is 2.12. The van der Waals surface area contributed by atoms with Crippen LogP contribution in [0.3, 0.4) is 0 Å². The number of phenols is 3. The number of hydrogen-bond donors (Lipinski definition) is 4. The molecule has 0 unspecified atom stereocenters. The van der Waals surface area contributed by atoms with E-state index in [1.807, 2.05) is 0 Å². The van der Waals surface area contributed by atoms with Gasteiger partial charge in [0.25, 0.3) is 0 Å². The number of ether oxygens (including phenoxy) is 1. The zero-order valence-electron chi connectivity index (χ0n) is 6.56. The maximum atomic E-state index is 10.2. The Balaban J connectivity index is 3.25. The molecule has 1 aromatic carbocycles. The summed E-state index contributed by atoms with van der Waals surface area (Å²) in [6.45, 7) is 0. The van der Waals surface area contributed by atoms with Gasteiger partial charge in [0.05, 0.1) is 0 Å². The summed E-state index contributed by atoms with van der Waals surface area (Å²) in [5.74, 6) is -2.44. The van der Waals surface area contributed by atoms with Gasteiger partial charge in [0.1, 0.15) is 4.47 Å². The Morgan fingerprint density at radius 2 is 1.86 bits per heavy atom. The predicted molar refractivity (Wildman–Crippen MR) is 47.8 cm³/mol. The highest BCUT2D eigenvalue weighted by atomic mass is 79.9. The number of carbonyl (C=O) groups is 1. The van der Waals surface area contributed by atoms with Crippen LogP contribution in [0.4, 0.5) is 4.79 Å². The third kappa shape index (κ3) is 1.82. The molecule has 0 fully saturated rings. The third-order valence-electron chi connectivity index (χ3n) is 1.36. The van der Waals surface area contributed by atoms with Gasteiger partial charge in [-0.2, -0.15) is 0 Å². The molecule has 7 heteroatoms. The second-order valence-electron chi connectivity index (χ2n) is 2.27. The molecule has 0 heterocycles. The topological polar surface area (TPSA) is 107 Å². The van der Waals surface area contributed by atoms with Crippen molar-refractivity contribution in [3.63, 3.8) is 0 Å². The second-order valence-corrected chi connectivity index (χ2v) is 3.07. The van der Waals surface area contributed by atoms with Gasteiger partial charge in [0.15, 0.2) is 17.2 Å². The second kappa shape index (κ2) is 3.62. The van der Waals surface area contributed by atoms with Crippen molar-refractivity contribution < 1.29 is 30.0 Å². The van der Waals surface area contributed by atoms with Gasteiger partial charge in [-0.3, -0.25) is 0 Å². The van der Waals surface area contributed by atoms with Crippen molar-refractivity contribution in [2.45, 2.75) is 0 Å². The van der Waals surface area contributed by atoms with Crippen LogP contribution in [0.15, 0.2) is 10.5 Å². The van der Waals surface area contributed by atoms with Crippen molar-refractivity contribution in [3.05, 3.63) is 10.5 Å². The quantitative estimate of drug-likeness (QED) is 0.349. The minimum Gasteiger partial charge on any atom is -0.504 e. The highest BCUT2D eigenvalue weighted by molar-refractivity contribution is 9.10. The van der Waals surface area contributed by atoms with Crippen LogP contribution in [0, 0.1) is 0 Å². The summed E-state index contributed by atoms with van der Waals surface area (Å²) in [7, 11) is 0. The zero-order valence-corrected chi connectivity index (χ0v) is 8.15. The van der Waals surface area contributed by atoms with Gasteiger partial charge in [-0.25, -0.2) is 4.79 Å². The molecule has 0 aliphatic carbocycles. The van der Waals surface area contributed by atoms with E-state index < -0.39 is 23.4 Å². The number of hydrogen-bond acceptors (Lipinski definition) is 5. The largest absolute Gasteiger partial charge is 0.511 e. The molecule has 76 valence electrons. The molecule has 0 aliphatic heterocycles. The summed E-state index contributed by atoms with van der Waals surface area (Å²) < 4.78 is 4.04. The first-order valence-electron chi connectivity index (χ1n) is 3.27. The Bertz CT molecular complexity index is 388. The molecule has 0 atom stereocenters. The molecule has 14 heavy (non-hydrogen) atoms. The molecule has 0 bridgehead atoms. The first kappa shape index (κ1) is 10.5. The normalized spacial score (nSPS) is 9.79. The van der Waals surface area contributed by atoms with E-state index in [1.165, 1.54) is 0 Å². The number of rotatable bonds is 1. The van der Waals surface area contributed by atoms with E-state index in [-0.39, 0.29) is 10.2 Å². The Kier molecular flexibility index (Phi) is 2.70. The van der Waals surface area contributed by atoms with Crippen LogP contribution in [-0.2, 0) is 0 Å². The lowest BCUT2D eigenvalue weighted by molar-refractivity contribution is 0.144. The minimum absolute atomic E-state index is 0.157. The monoisotopic (exact) mass is 264 g/mol. The maximum Gasteiger partial charge on any atom is 0.511 e. The van der Waals surface area contributed by atoms with Crippen LogP contribution in [0.5, 0.6) is 23.0 Å². The highest BCUT2D eigenvalue weighted by Gasteiger charge is 2.17. The van der Waals surface area contributed by atoms with Crippen LogP contribution >= 0.6 is 15.9 Å². The van der Waals surface area contributed by atoms with Gasteiger partial charge >= 0.3 is 6.16 Å². The molecular weight excluding hydrogens is 260 g/mol. The first-order chi connectivity index (χ1) is 6.43. The van der Waals surface area contributed by atoms with Crippen molar-refractivity contribution in [2.75, 3.05) is 0 Å². The van der Waals surface area contributed by atoms with Gasteiger partial charge in [0, 0.05) is 6.07 Å². The average molecular weight is 265 g/mol. The lowest BCUT2D eigenvalue weighted by Crippen LogP contribution is -2.03. The Labute approximate surface area is 86.1 Å². The molecule has 0 amide bonds. The maximum absolute atomic E-state index is 10.2. The van der Waals surface area contributed by atoms with E-state index in [1.54, 1.807) is 0 Å². The predicted octanol–water partition coefficient (Wildman–Crippen LogP) is 1.62. The van der Waals surface area contributed by atoms with E-state index in [0.29, 0.717) is 0 Å². The summed E-state index contributed by atoms with van der Waals surface area (Å²) in [4.78, 5) is 10.2. The van der Waals surface area contributed by atoms with Gasteiger partial charge in [-0.05, 0) is 15.9 Å². The standard InChI is InChI=1S/C7H5BrO6/c8-4-3(14-7(12)13)1-2(9)5(10)6(4)11/h1,9-11H,(H,12,13). The van der Waals surface area contributed by atoms with Crippen LogP contribution in [0.25, 0.3) is 0 Å². The molecule has 1 aromatic rings. The smallest absolute Gasteiger partial charge is 0.504 e. The van der Waals surface area contributed by atoms with E-state index in [4.69, 9.17) is 20.4 Å². The molecule has 0 saturated heterocycles. The summed E-state index contributed by atoms with van der Waals surface area (Å²) >= 11 is 2.78. The van der Waals surface area contributed by atoms with Crippen molar-refractivity contribution in [1.29, 1.82) is 0 Å². The molecule has 0 aromatic heterocycles. The first-order valence-corrected chi connectivity index (χ1v) is 4.07. The van der Waals surface area contributed by atoms with Crippen LogP contribution in [0.1, 0.15) is 0 Å². The number of benzene rings is 1. The molecule has 4 N–H and O–H groups in total. The van der Waals surface area contributed by atoms with Crippen LogP contribution in [0.2, 0.25) is 0 Å². The van der Waals surface area contributed by atoms with E-state index in [9.17, 15) is 4.79 Å². The van der Waals surface area contributed by atoms with Crippen molar-refractivity contribution >= 4 is 22.1 Å². The number of halogens is 1. The average Bonchev–Trinajstić information content (AvgIpc) is 2.10. The zero-order chi connectivity index (χ0) is 10.9. The van der Waals surface area contributed by atoms with Gasteiger partial charge < -0.3 is 25.2 Å².